The molecular weight excluding hydrogens is 298 g/mol. The minimum Gasteiger partial charge on any atom is -0.373 e. The van der Waals surface area contributed by atoms with Crippen molar-refractivity contribution >= 4 is 17.2 Å². The average molecular weight is 321 g/mol. The smallest absolute Gasteiger partial charge is 0.227 e. The topological polar surface area (TPSA) is 38.8 Å². The summed E-state index contributed by atoms with van der Waals surface area (Å²) in [5.74, 6) is 0.967. The molecule has 1 aromatic heterocycles. The number of hydrogen-bond acceptors (Lipinski definition) is 4. The van der Waals surface area contributed by atoms with Gasteiger partial charge in [-0.05, 0) is 54.0 Å². The van der Waals surface area contributed by atoms with E-state index in [1.54, 1.807) is 11.3 Å². The van der Waals surface area contributed by atoms with Crippen LogP contribution in [0.4, 0.5) is 0 Å². The van der Waals surface area contributed by atoms with Crippen molar-refractivity contribution in [2.45, 2.75) is 50.4 Å². The van der Waals surface area contributed by atoms with Gasteiger partial charge in [-0.15, -0.1) is 0 Å². The summed E-state index contributed by atoms with van der Waals surface area (Å²) in [5, 5.41) is 4.09. The maximum Gasteiger partial charge on any atom is 0.227 e. The van der Waals surface area contributed by atoms with E-state index in [9.17, 15) is 4.79 Å². The maximum atomic E-state index is 12.7. The van der Waals surface area contributed by atoms with Gasteiger partial charge in [0.2, 0.25) is 5.91 Å². The number of likely N-dealkylation sites (tertiary alicyclic amines) is 1. The third kappa shape index (κ3) is 3.07. The zero-order valence-corrected chi connectivity index (χ0v) is 13.6. The maximum absolute atomic E-state index is 12.7. The van der Waals surface area contributed by atoms with Crippen LogP contribution < -0.4 is 0 Å². The molecule has 0 bridgehead atoms. The Morgan fingerprint density at radius 1 is 1.41 bits per heavy atom. The molecule has 0 N–H and O–H groups in total. The molecule has 1 aliphatic carbocycles. The average Bonchev–Trinajstić information content (AvgIpc) is 3.08. The van der Waals surface area contributed by atoms with E-state index in [1.165, 1.54) is 12.8 Å². The second kappa shape index (κ2) is 6.30. The molecule has 0 radical (unpaired) electrons. The third-order valence-electron chi connectivity index (χ3n) is 4.98. The predicted molar refractivity (Wildman–Crippen MR) is 85.0 cm³/mol. The summed E-state index contributed by atoms with van der Waals surface area (Å²) in [6, 6.07) is 2.25. The lowest BCUT2D eigenvalue weighted by molar-refractivity contribution is -0.134. The van der Waals surface area contributed by atoms with Crippen molar-refractivity contribution in [2.75, 3.05) is 19.8 Å². The summed E-state index contributed by atoms with van der Waals surface area (Å²) in [6.45, 7) is 2.34. The van der Waals surface area contributed by atoms with Crippen LogP contribution in [0.1, 0.15) is 31.2 Å². The Bertz CT molecular complexity index is 514. The third-order valence-corrected chi connectivity index (χ3v) is 5.71. The summed E-state index contributed by atoms with van der Waals surface area (Å²) in [6.07, 6.45) is 5.32. The van der Waals surface area contributed by atoms with E-state index in [1.807, 2.05) is 16.3 Å². The Hall–Kier alpha value is -0.910. The largest absolute Gasteiger partial charge is 0.373 e. The van der Waals surface area contributed by atoms with Gasteiger partial charge in [0.05, 0.1) is 12.5 Å². The van der Waals surface area contributed by atoms with Crippen molar-refractivity contribution in [2.24, 2.45) is 5.92 Å². The van der Waals surface area contributed by atoms with E-state index >= 15 is 0 Å². The van der Waals surface area contributed by atoms with Crippen LogP contribution in [0.2, 0.25) is 0 Å². The molecule has 0 aromatic carbocycles. The van der Waals surface area contributed by atoms with Crippen molar-refractivity contribution in [3.05, 3.63) is 22.4 Å². The summed E-state index contributed by atoms with van der Waals surface area (Å²) in [5.41, 5.74) is 1.12. The highest BCUT2D eigenvalue weighted by Crippen LogP contribution is 2.34. The SMILES string of the molecule is O=C(Cc1ccsc1)N1C[C@H](OCC2CC2)[C@H]2OCCC[C@H]21. The molecule has 3 fully saturated rings. The molecule has 5 heteroatoms. The fourth-order valence-corrected chi connectivity index (χ4v) is 4.23. The van der Waals surface area contributed by atoms with Gasteiger partial charge in [-0.25, -0.2) is 0 Å². The molecule has 0 unspecified atom stereocenters. The molecule has 4 nitrogen and oxygen atoms in total. The predicted octanol–water partition coefficient (Wildman–Crippen LogP) is 2.48. The quantitative estimate of drug-likeness (QED) is 0.836. The molecule has 2 aliphatic heterocycles. The Kier molecular flexibility index (Phi) is 4.20. The fourth-order valence-electron chi connectivity index (χ4n) is 3.56. The highest BCUT2D eigenvalue weighted by Gasteiger charge is 2.46. The number of hydrogen-bond donors (Lipinski definition) is 0. The molecular formula is C17H23NO3S. The van der Waals surface area contributed by atoms with Crippen LogP contribution in [0.25, 0.3) is 0 Å². The summed E-state index contributed by atoms with van der Waals surface area (Å²) >= 11 is 1.65. The lowest BCUT2D eigenvalue weighted by atomic mass is 10.0. The summed E-state index contributed by atoms with van der Waals surface area (Å²) < 4.78 is 12.1. The van der Waals surface area contributed by atoms with Crippen molar-refractivity contribution < 1.29 is 14.3 Å². The molecule has 1 amide bonds. The summed E-state index contributed by atoms with van der Waals surface area (Å²) in [7, 11) is 0. The second-order valence-electron chi connectivity index (χ2n) is 6.71. The van der Waals surface area contributed by atoms with Crippen molar-refractivity contribution in [1.29, 1.82) is 0 Å². The molecule has 120 valence electrons. The van der Waals surface area contributed by atoms with Crippen LogP contribution in [0.15, 0.2) is 16.8 Å². The first-order valence-electron chi connectivity index (χ1n) is 8.35. The number of ether oxygens (including phenoxy) is 2. The van der Waals surface area contributed by atoms with Gasteiger partial charge in [0, 0.05) is 19.8 Å². The fraction of sp³-hybridized carbons (Fsp3) is 0.706. The van der Waals surface area contributed by atoms with Crippen LogP contribution >= 0.6 is 11.3 Å². The normalized spacial score (nSPS) is 31.3. The van der Waals surface area contributed by atoms with Crippen LogP contribution in [-0.2, 0) is 20.7 Å². The Balaban J connectivity index is 1.42. The number of fused-ring (bicyclic) bond motifs is 1. The number of carbonyl (C=O) groups excluding carboxylic acids is 1. The van der Waals surface area contributed by atoms with Crippen molar-refractivity contribution in [3.8, 4) is 0 Å². The van der Waals surface area contributed by atoms with Gasteiger partial charge in [-0.1, -0.05) is 0 Å². The minimum absolute atomic E-state index is 0.0670. The van der Waals surface area contributed by atoms with Crippen LogP contribution in [0.5, 0.6) is 0 Å². The number of rotatable bonds is 5. The van der Waals surface area contributed by atoms with Gasteiger partial charge < -0.3 is 14.4 Å². The van der Waals surface area contributed by atoms with E-state index in [0.29, 0.717) is 13.0 Å². The number of carbonyl (C=O) groups is 1. The lowest BCUT2D eigenvalue weighted by Gasteiger charge is -2.32. The second-order valence-corrected chi connectivity index (χ2v) is 7.49. The van der Waals surface area contributed by atoms with E-state index < -0.39 is 0 Å². The Morgan fingerprint density at radius 3 is 3.09 bits per heavy atom. The first-order valence-corrected chi connectivity index (χ1v) is 9.29. The molecule has 1 saturated carbocycles. The van der Waals surface area contributed by atoms with E-state index in [-0.39, 0.29) is 24.2 Å². The minimum atomic E-state index is 0.0670. The highest BCUT2D eigenvalue weighted by molar-refractivity contribution is 7.07. The Morgan fingerprint density at radius 2 is 2.32 bits per heavy atom. The number of thiophene rings is 1. The lowest BCUT2D eigenvalue weighted by Crippen LogP contribution is -2.44. The van der Waals surface area contributed by atoms with Gasteiger partial charge in [0.1, 0.15) is 12.2 Å². The standard InChI is InChI=1S/C17H23NO3S/c19-16(8-13-5-7-22-11-13)18-9-15(21-10-12-3-4-12)17-14(18)2-1-6-20-17/h5,7,11-12,14-15,17H,1-4,6,8-10H2/t14-,15+,17+/m1/s1. The number of nitrogens with zero attached hydrogens (tertiary/aromatic N) is 1. The van der Waals surface area contributed by atoms with Gasteiger partial charge in [-0.2, -0.15) is 11.3 Å². The van der Waals surface area contributed by atoms with E-state index in [2.05, 4.69) is 5.38 Å². The molecule has 3 heterocycles. The molecule has 3 atom stereocenters. The van der Waals surface area contributed by atoms with Crippen LogP contribution in [0.3, 0.4) is 0 Å². The molecule has 0 spiro atoms. The van der Waals surface area contributed by atoms with Gasteiger partial charge in [0.15, 0.2) is 0 Å². The monoisotopic (exact) mass is 321 g/mol. The highest BCUT2D eigenvalue weighted by atomic mass is 32.1. The van der Waals surface area contributed by atoms with Gasteiger partial charge in [0.25, 0.3) is 0 Å². The summed E-state index contributed by atoms with van der Waals surface area (Å²) in [4.78, 5) is 14.7. The van der Waals surface area contributed by atoms with E-state index in [0.717, 1.165) is 37.5 Å². The molecule has 4 rings (SSSR count). The van der Waals surface area contributed by atoms with Crippen LogP contribution in [-0.4, -0.2) is 48.8 Å². The zero-order valence-electron chi connectivity index (χ0n) is 12.8. The number of amides is 1. The van der Waals surface area contributed by atoms with Crippen LogP contribution in [0, 0.1) is 5.92 Å². The van der Waals surface area contributed by atoms with Gasteiger partial charge in [-0.3, -0.25) is 4.79 Å². The molecule has 2 saturated heterocycles. The van der Waals surface area contributed by atoms with Gasteiger partial charge >= 0.3 is 0 Å². The first kappa shape index (κ1) is 14.7. The first-order chi connectivity index (χ1) is 10.8. The van der Waals surface area contributed by atoms with Crippen molar-refractivity contribution in [3.63, 3.8) is 0 Å². The van der Waals surface area contributed by atoms with Crippen molar-refractivity contribution in [1.82, 2.24) is 4.90 Å². The molecule has 3 aliphatic rings. The molecule has 22 heavy (non-hydrogen) atoms. The van der Waals surface area contributed by atoms with E-state index in [4.69, 9.17) is 9.47 Å². The molecule has 1 aromatic rings. The Labute approximate surface area is 135 Å². The zero-order chi connectivity index (χ0) is 14.9.